The molecule has 1 aromatic rings. The van der Waals surface area contributed by atoms with Gasteiger partial charge in [0.05, 0.1) is 0 Å². The average molecular weight is 234 g/mol. The molecule has 2 heteroatoms. The fraction of sp³-hybridized carbons (Fsp3) is 0.533. The molecule has 0 saturated heterocycles. The first-order valence-electron chi connectivity index (χ1n) is 6.27. The molecule has 0 unspecified atom stereocenters. The van der Waals surface area contributed by atoms with Gasteiger partial charge in [0.2, 0.25) is 0 Å². The van der Waals surface area contributed by atoms with Gasteiger partial charge in [0, 0.05) is 13.0 Å². The predicted octanol–water partition coefficient (Wildman–Crippen LogP) is 3.39. The zero-order valence-corrected chi connectivity index (χ0v) is 11.0. The van der Waals surface area contributed by atoms with E-state index < -0.39 is 5.60 Å². The molecule has 0 aliphatic rings. The van der Waals surface area contributed by atoms with E-state index in [-0.39, 0.29) is 5.78 Å². The summed E-state index contributed by atoms with van der Waals surface area (Å²) in [6.07, 6.45) is 2.43. The zero-order valence-electron chi connectivity index (χ0n) is 11.0. The van der Waals surface area contributed by atoms with Crippen molar-refractivity contribution in [1.82, 2.24) is 0 Å². The third kappa shape index (κ3) is 4.70. The molecule has 0 radical (unpaired) electrons. The lowest BCUT2D eigenvalue weighted by Gasteiger charge is -2.22. The van der Waals surface area contributed by atoms with E-state index in [0.29, 0.717) is 13.0 Å². The number of benzene rings is 1. The Bertz CT molecular complexity index is 341. The summed E-state index contributed by atoms with van der Waals surface area (Å²) in [5.41, 5.74) is 0.653. The Balaban J connectivity index is 2.34. The monoisotopic (exact) mass is 234 g/mol. The van der Waals surface area contributed by atoms with Gasteiger partial charge >= 0.3 is 0 Å². The molecule has 1 rings (SSSR count). The van der Waals surface area contributed by atoms with E-state index in [1.54, 1.807) is 0 Å². The average Bonchev–Trinajstić information content (AvgIpc) is 2.30. The van der Waals surface area contributed by atoms with Crippen molar-refractivity contribution < 1.29 is 9.53 Å². The van der Waals surface area contributed by atoms with Crippen molar-refractivity contribution >= 4 is 5.78 Å². The van der Waals surface area contributed by atoms with E-state index in [4.69, 9.17) is 4.74 Å². The molecule has 0 N–H and O–H groups in total. The number of Topliss-reactive ketones (excluding diaryl/α,β-unsaturated/α-hetero) is 1. The molecule has 0 spiro atoms. The van der Waals surface area contributed by atoms with Crippen molar-refractivity contribution in [3.8, 4) is 0 Å². The van der Waals surface area contributed by atoms with Gasteiger partial charge in [0.1, 0.15) is 5.60 Å². The van der Waals surface area contributed by atoms with Crippen LogP contribution in [0.5, 0.6) is 0 Å². The summed E-state index contributed by atoms with van der Waals surface area (Å²) in [6, 6.07) is 10.3. The molecule has 0 aliphatic heterocycles. The molecule has 0 fully saturated rings. The van der Waals surface area contributed by atoms with Gasteiger partial charge in [-0.3, -0.25) is 4.79 Å². The Morgan fingerprint density at radius 3 is 2.47 bits per heavy atom. The smallest absolute Gasteiger partial charge is 0.164 e. The van der Waals surface area contributed by atoms with Crippen LogP contribution in [0.25, 0.3) is 0 Å². The van der Waals surface area contributed by atoms with E-state index in [1.165, 1.54) is 5.56 Å². The van der Waals surface area contributed by atoms with Crippen LogP contribution in [0.1, 0.15) is 39.2 Å². The fourth-order valence-corrected chi connectivity index (χ4v) is 1.84. The Labute approximate surface area is 104 Å². The first-order chi connectivity index (χ1) is 8.06. The largest absolute Gasteiger partial charge is 0.368 e. The number of ketones is 1. The first kappa shape index (κ1) is 13.9. The van der Waals surface area contributed by atoms with Crippen molar-refractivity contribution in [2.75, 3.05) is 6.61 Å². The summed E-state index contributed by atoms with van der Waals surface area (Å²) in [5, 5.41) is 0. The molecule has 0 aliphatic carbocycles. The second-order valence-corrected chi connectivity index (χ2v) is 4.71. The number of hydrogen-bond acceptors (Lipinski definition) is 2. The number of aryl methyl sites for hydroxylation is 1. The van der Waals surface area contributed by atoms with Crippen LogP contribution in [0.2, 0.25) is 0 Å². The molecular weight excluding hydrogens is 212 g/mol. The molecule has 94 valence electrons. The third-order valence-electron chi connectivity index (χ3n) is 2.89. The van der Waals surface area contributed by atoms with Crippen LogP contribution in [0, 0.1) is 0 Å². The fourth-order valence-electron chi connectivity index (χ4n) is 1.84. The van der Waals surface area contributed by atoms with E-state index in [0.717, 1.165) is 12.8 Å². The summed E-state index contributed by atoms with van der Waals surface area (Å²) < 4.78 is 5.44. The second-order valence-electron chi connectivity index (χ2n) is 4.71. The highest BCUT2D eigenvalue weighted by Gasteiger charge is 2.26. The number of carbonyl (C=O) groups is 1. The molecule has 1 aromatic carbocycles. The number of carbonyl (C=O) groups excluding carboxylic acids is 1. The molecule has 0 saturated carbocycles. The van der Waals surface area contributed by atoms with Gasteiger partial charge in [-0.05, 0) is 39.2 Å². The first-order valence-corrected chi connectivity index (χ1v) is 6.27. The zero-order chi connectivity index (χ0) is 12.7. The summed E-state index contributed by atoms with van der Waals surface area (Å²) >= 11 is 0. The lowest BCUT2D eigenvalue weighted by Crippen LogP contribution is -2.34. The van der Waals surface area contributed by atoms with Crippen LogP contribution >= 0.6 is 0 Å². The standard InChI is InChI=1S/C15H22O2/c1-4-17-15(2,3)14(16)12-8-11-13-9-6-5-7-10-13/h5-7,9-10H,4,8,11-12H2,1-3H3. The van der Waals surface area contributed by atoms with Crippen molar-refractivity contribution in [2.45, 2.75) is 45.6 Å². The van der Waals surface area contributed by atoms with Gasteiger partial charge in [-0.15, -0.1) is 0 Å². The Hall–Kier alpha value is -1.15. The van der Waals surface area contributed by atoms with Crippen LogP contribution in [-0.2, 0) is 16.0 Å². The van der Waals surface area contributed by atoms with Crippen LogP contribution in [0.15, 0.2) is 30.3 Å². The molecule has 0 aromatic heterocycles. The second kappa shape index (κ2) is 6.55. The Morgan fingerprint density at radius 2 is 1.88 bits per heavy atom. The number of rotatable bonds is 7. The highest BCUT2D eigenvalue weighted by atomic mass is 16.5. The maximum atomic E-state index is 11.9. The van der Waals surface area contributed by atoms with Gasteiger partial charge in [-0.2, -0.15) is 0 Å². The summed E-state index contributed by atoms with van der Waals surface area (Å²) in [4.78, 5) is 11.9. The van der Waals surface area contributed by atoms with Crippen LogP contribution < -0.4 is 0 Å². The molecule has 17 heavy (non-hydrogen) atoms. The molecule has 2 nitrogen and oxygen atoms in total. The summed E-state index contributed by atoms with van der Waals surface area (Å²) in [6.45, 7) is 6.19. The summed E-state index contributed by atoms with van der Waals surface area (Å²) in [5.74, 6) is 0.190. The van der Waals surface area contributed by atoms with Crippen LogP contribution in [-0.4, -0.2) is 18.0 Å². The lowest BCUT2D eigenvalue weighted by atomic mass is 9.97. The van der Waals surface area contributed by atoms with Gasteiger partial charge in [0.25, 0.3) is 0 Å². The SMILES string of the molecule is CCOC(C)(C)C(=O)CCCc1ccccc1. The number of ether oxygens (including phenoxy) is 1. The van der Waals surface area contributed by atoms with Gasteiger partial charge in [-0.1, -0.05) is 30.3 Å². The van der Waals surface area contributed by atoms with E-state index >= 15 is 0 Å². The maximum absolute atomic E-state index is 11.9. The maximum Gasteiger partial charge on any atom is 0.164 e. The van der Waals surface area contributed by atoms with Gasteiger partial charge < -0.3 is 4.74 Å². The van der Waals surface area contributed by atoms with Crippen molar-refractivity contribution in [2.24, 2.45) is 0 Å². The number of hydrogen-bond donors (Lipinski definition) is 0. The quantitative estimate of drug-likeness (QED) is 0.723. The normalized spacial score (nSPS) is 11.5. The Kier molecular flexibility index (Phi) is 5.36. The minimum Gasteiger partial charge on any atom is -0.368 e. The highest BCUT2D eigenvalue weighted by molar-refractivity contribution is 5.86. The molecular formula is C15H22O2. The van der Waals surface area contributed by atoms with Gasteiger partial charge in [0.15, 0.2) is 5.78 Å². The molecule has 0 bridgehead atoms. The topological polar surface area (TPSA) is 26.3 Å². The minimum absolute atomic E-state index is 0.190. The minimum atomic E-state index is -0.633. The molecule has 0 heterocycles. The van der Waals surface area contributed by atoms with E-state index in [9.17, 15) is 4.79 Å². The highest BCUT2D eigenvalue weighted by Crippen LogP contribution is 2.15. The van der Waals surface area contributed by atoms with Crippen LogP contribution in [0.3, 0.4) is 0 Å². The van der Waals surface area contributed by atoms with E-state index in [2.05, 4.69) is 12.1 Å². The molecule has 0 atom stereocenters. The van der Waals surface area contributed by atoms with Crippen molar-refractivity contribution in [1.29, 1.82) is 0 Å². The lowest BCUT2D eigenvalue weighted by molar-refractivity contribution is -0.139. The Morgan fingerprint density at radius 1 is 1.24 bits per heavy atom. The third-order valence-corrected chi connectivity index (χ3v) is 2.89. The molecule has 0 amide bonds. The van der Waals surface area contributed by atoms with Gasteiger partial charge in [-0.25, -0.2) is 0 Å². The van der Waals surface area contributed by atoms with Crippen molar-refractivity contribution in [3.05, 3.63) is 35.9 Å². The van der Waals surface area contributed by atoms with E-state index in [1.807, 2.05) is 39.0 Å². The van der Waals surface area contributed by atoms with Crippen LogP contribution in [0.4, 0.5) is 0 Å². The predicted molar refractivity (Wildman–Crippen MR) is 70.1 cm³/mol. The van der Waals surface area contributed by atoms with Crippen molar-refractivity contribution in [3.63, 3.8) is 0 Å². The summed E-state index contributed by atoms with van der Waals surface area (Å²) in [7, 11) is 0.